The SMILES string of the molecule is Cc1ccc(NC(/C(C(=O)c2ccc(C(C)C)cc2)=C(/O)C=O)c2ccc(O)cc2)nn1. The van der Waals surface area contributed by atoms with Crippen molar-refractivity contribution in [3.8, 4) is 5.75 Å². The van der Waals surface area contributed by atoms with Crippen LogP contribution in [0.2, 0.25) is 0 Å². The van der Waals surface area contributed by atoms with Crippen LogP contribution in [0.3, 0.4) is 0 Å². The minimum atomic E-state index is -0.921. The van der Waals surface area contributed by atoms with Crippen molar-refractivity contribution in [1.82, 2.24) is 10.2 Å². The van der Waals surface area contributed by atoms with Crippen LogP contribution in [-0.2, 0) is 4.79 Å². The van der Waals surface area contributed by atoms with E-state index in [1.165, 1.54) is 12.1 Å². The highest BCUT2D eigenvalue weighted by atomic mass is 16.3. The minimum absolute atomic E-state index is 0.0448. The van der Waals surface area contributed by atoms with Gasteiger partial charge in [0.2, 0.25) is 0 Å². The molecule has 0 amide bonds. The molecular weight excluding hydrogens is 406 g/mol. The zero-order chi connectivity index (χ0) is 23.3. The summed E-state index contributed by atoms with van der Waals surface area (Å²) >= 11 is 0. The average Bonchev–Trinajstić information content (AvgIpc) is 2.80. The fourth-order valence-corrected chi connectivity index (χ4v) is 3.25. The molecule has 0 saturated carbocycles. The summed E-state index contributed by atoms with van der Waals surface area (Å²) in [6, 6.07) is 15.7. The molecule has 2 aromatic carbocycles. The molecule has 1 atom stereocenters. The Kier molecular flexibility index (Phi) is 7.00. The van der Waals surface area contributed by atoms with Gasteiger partial charge in [0.1, 0.15) is 11.6 Å². The number of carbonyl (C=O) groups is 2. The highest BCUT2D eigenvalue weighted by molar-refractivity contribution is 6.12. The topological polar surface area (TPSA) is 112 Å². The van der Waals surface area contributed by atoms with E-state index in [-0.39, 0.29) is 17.6 Å². The molecular formula is C25H25N3O4. The predicted molar refractivity (Wildman–Crippen MR) is 122 cm³/mol. The number of nitrogens with zero attached hydrogens (tertiary/aromatic N) is 2. The zero-order valence-corrected chi connectivity index (χ0v) is 18.1. The number of benzene rings is 2. The molecule has 32 heavy (non-hydrogen) atoms. The fraction of sp³-hybridized carbons (Fsp3) is 0.200. The molecule has 3 rings (SSSR count). The number of aliphatic hydroxyl groups excluding tert-OH is 1. The number of rotatable bonds is 8. The molecule has 1 aromatic heterocycles. The highest BCUT2D eigenvalue weighted by Crippen LogP contribution is 2.31. The maximum absolute atomic E-state index is 13.5. The Balaban J connectivity index is 2.09. The van der Waals surface area contributed by atoms with Crippen molar-refractivity contribution in [2.75, 3.05) is 5.32 Å². The summed E-state index contributed by atoms with van der Waals surface area (Å²) in [6.07, 6.45) is 0.242. The molecule has 0 fully saturated rings. The Morgan fingerprint density at radius 2 is 1.56 bits per heavy atom. The average molecular weight is 431 g/mol. The van der Waals surface area contributed by atoms with Gasteiger partial charge in [0, 0.05) is 5.56 Å². The van der Waals surface area contributed by atoms with Crippen molar-refractivity contribution in [2.24, 2.45) is 0 Å². The number of aromatic nitrogens is 2. The summed E-state index contributed by atoms with van der Waals surface area (Å²) < 4.78 is 0. The van der Waals surface area contributed by atoms with Gasteiger partial charge in [0.15, 0.2) is 17.8 Å². The molecule has 0 radical (unpaired) electrons. The summed E-state index contributed by atoms with van der Waals surface area (Å²) in [4.78, 5) is 25.0. The number of aryl methyl sites for hydroxylation is 1. The van der Waals surface area contributed by atoms with Gasteiger partial charge in [0.05, 0.1) is 17.3 Å². The molecule has 0 aliphatic heterocycles. The number of carbonyl (C=O) groups excluding carboxylic acids is 2. The van der Waals surface area contributed by atoms with Crippen molar-refractivity contribution in [1.29, 1.82) is 0 Å². The number of phenols is 1. The lowest BCUT2D eigenvalue weighted by Gasteiger charge is -2.23. The molecule has 0 saturated heterocycles. The number of hydrogen-bond acceptors (Lipinski definition) is 7. The van der Waals surface area contributed by atoms with Crippen molar-refractivity contribution >= 4 is 17.9 Å². The first-order chi connectivity index (χ1) is 15.3. The van der Waals surface area contributed by atoms with Gasteiger partial charge < -0.3 is 15.5 Å². The third-order valence-electron chi connectivity index (χ3n) is 5.08. The van der Waals surface area contributed by atoms with E-state index in [4.69, 9.17) is 0 Å². The molecule has 3 aromatic rings. The van der Waals surface area contributed by atoms with Gasteiger partial charge >= 0.3 is 0 Å². The van der Waals surface area contributed by atoms with Crippen molar-refractivity contribution in [3.05, 3.63) is 94.4 Å². The summed E-state index contributed by atoms with van der Waals surface area (Å²) in [5.74, 6) is -0.496. The van der Waals surface area contributed by atoms with Crippen LogP contribution < -0.4 is 5.32 Å². The van der Waals surface area contributed by atoms with Gasteiger partial charge in [-0.2, -0.15) is 5.10 Å². The molecule has 1 unspecified atom stereocenters. The van der Waals surface area contributed by atoms with Crippen LogP contribution in [0.15, 0.2) is 72.0 Å². The van der Waals surface area contributed by atoms with E-state index in [9.17, 15) is 19.8 Å². The first-order valence-corrected chi connectivity index (χ1v) is 10.2. The number of hydrogen-bond donors (Lipinski definition) is 3. The van der Waals surface area contributed by atoms with Crippen LogP contribution in [0.4, 0.5) is 5.82 Å². The maximum atomic E-state index is 13.5. The third kappa shape index (κ3) is 5.18. The number of phenolic OH excluding ortho intramolecular Hbond substituents is 1. The molecule has 3 N–H and O–H groups in total. The van der Waals surface area contributed by atoms with E-state index in [0.717, 1.165) is 5.56 Å². The smallest absolute Gasteiger partial charge is 0.195 e. The number of ketones is 1. The summed E-state index contributed by atoms with van der Waals surface area (Å²) in [5.41, 5.74) is 2.52. The normalized spacial score (nSPS) is 12.8. The monoisotopic (exact) mass is 431 g/mol. The molecule has 0 spiro atoms. The van der Waals surface area contributed by atoms with Crippen LogP contribution in [0.25, 0.3) is 0 Å². The first kappa shape index (κ1) is 22.7. The second kappa shape index (κ2) is 9.87. The lowest BCUT2D eigenvalue weighted by atomic mass is 9.90. The lowest BCUT2D eigenvalue weighted by molar-refractivity contribution is -0.107. The number of anilines is 1. The van der Waals surface area contributed by atoms with Crippen LogP contribution in [0.1, 0.15) is 53.0 Å². The molecule has 0 aliphatic carbocycles. The number of aromatic hydroxyl groups is 1. The number of aldehydes is 1. The van der Waals surface area contributed by atoms with E-state index in [0.29, 0.717) is 28.6 Å². The summed E-state index contributed by atoms with van der Waals surface area (Å²) in [5, 5.41) is 31.3. The van der Waals surface area contributed by atoms with Gasteiger partial charge in [-0.25, -0.2) is 0 Å². The molecule has 7 heteroatoms. The highest BCUT2D eigenvalue weighted by Gasteiger charge is 2.28. The van der Waals surface area contributed by atoms with Gasteiger partial charge in [-0.15, -0.1) is 5.10 Å². The van der Waals surface area contributed by atoms with Gasteiger partial charge in [0.25, 0.3) is 0 Å². The number of aliphatic hydroxyl groups is 1. The second-order valence-electron chi connectivity index (χ2n) is 7.75. The largest absolute Gasteiger partial charge is 0.508 e. The maximum Gasteiger partial charge on any atom is 0.195 e. The van der Waals surface area contributed by atoms with Crippen LogP contribution in [0, 0.1) is 6.92 Å². The predicted octanol–water partition coefficient (Wildman–Crippen LogP) is 4.66. The van der Waals surface area contributed by atoms with Crippen LogP contribution in [0.5, 0.6) is 5.75 Å². The van der Waals surface area contributed by atoms with E-state index in [2.05, 4.69) is 15.5 Å². The van der Waals surface area contributed by atoms with Crippen molar-refractivity contribution in [3.63, 3.8) is 0 Å². The molecule has 0 aliphatic rings. The van der Waals surface area contributed by atoms with Gasteiger partial charge in [-0.3, -0.25) is 9.59 Å². The molecule has 1 heterocycles. The standard InChI is InChI=1S/C25H25N3O4/c1-15(2)17-5-7-19(8-6-17)25(32)23(21(31)14-29)24(18-9-11-20(30)12-10-18)26-22-13-4-16(3)27-28-22/h4-15,24,30-31H,1-3H3,(H,26,28)/b23-21-. The van der Waals surface area contributed by atoms with Crippen LogP contribution >= 0.6 is 0 Å². The van der Waals surface area contributed by atoms with Crippen molar-refractivity contribution in [2.45, 2.75) is 32.7 Å². The van der Waals surface area contributed by atoms with E-state index >= 15 is 0 Å². The first-order valence-electron chi connectivity index (χ1n) is 10.2. The van der Waals surface area contributed by atoms with Crippen LogP contribution in [-0.4, -0.2) is 32.5 Å². The Bertz CT molecular complexity index is 1120. The summed E-state index contributed by atoms with van der Waals surface area (Å²) in [6.45, 7) is 5.89. The molecule has 7 nitrogen and oxygen atoms in total. The molecule has 164 valence electrons. The Labute approximate surface area is 186 Å². The van der Waals surface area contributed by atoms with E-state index < -0.39 is 17.6 Å². The van der Waals surface area contributed by atoms with E-state index in [1.807, 2.05) is 26.0 Å². The van der Waals surface area contributed by atoms with Gasteiger partial charge in [-0.05, 0) is 48.2 Å². The van der Waals surface area contributed by atoms with Gasteiger partial charge in [-0.1, -0.05) is 50.2 Å². The molecule has 0 bridgehead atoms. The quantitative estimate of drug-likeness (QED) is 0.206. The Hall–Kier alpha value is -4.00. The number of allylic oxidation sites excluding steroid dienone is 1. The fourth-order valence-electron chi connectivity index (χ4n) is 3.25. The third-order valence-corrected chi connectivity index (χ3v) is 5.08. The lowest BCUT2D eigenvalue weighted by Crippen LogP contribution is -2.22. The summed E-state index contributed by atoms with van der Waals surface area (Å²) in [7, 11) is 0. The second-order valence-corrected chi connectivity index (χ2v) is 7.75. The Morgan fingerprint density at radius 3 is 2.09 bits per heavy atom. The van der Waals surface area contributed by atoms with E-state index in [1.54, 1.807) is 43.3 Å². The zero-order valence-electron chi connectivity index (χ0n) is 18.1. The minimum Gasteiger partial charge on any atom is -0.508 e. The van der Waals surface area contributed by atoms with Crippen molar-refractivity contribution < 1.29 is 19.8 Å². The number of nitrogens with one attached hydrogen (secondary N) is 1. The number of Topliss-reactive ketones (excluding diaryl/α,β-unsaturated/α-hetero) is 1. The Morgan fingerprint density at radius 1 is 0.938 bits per heavy atom.